The van der Waals surface area contributed by atoms with Crippen molar-refractivity contribution in [3.63, 3.8) is 0 Å². The summed E-state index contributed by atoms with van der Waals surface area (Å²) in [5, 5.41) is 8.38. The Labute approximate surface area is 95.8 Å². The van der Waals surface area contributed by atoms with Crippen LogP contribution in [-0.2, 0) is 17.4 Å². The number of aliphatic carboxylic acids is 1. The van der Waals surface area contributed by atoms with E-state index in [1.807, 2.05) is 0 Å². The number of hydrogen-bond donors (Lipinski definition) is 1. The van der Waals surface area contributed by atoms with Gasteiger partial charge in [-0.3, -0.25) is 0 Å². The van der Waals surface area contributed by atoms with E-state index >= 15 is 0 Å². The van der Waals surface area contributed by atoms with Crippen LogP contribution in [0.2, 0.25) is 0 Å². The first kappa shape index (κ1) is 13.3. The van der Waals surface area contributed by atoms with Crippen LogP contribution in [0.4, 0.5) is 13.2 Å². The molecule has 0 bridgehead atoms. The van der Waals surface area contributed by atoms with Crippen LogP contribution >= 0.6 is 0 Å². The lowest BCUT2D eigenvalue weighted by Crippen LogP contribution is -2.11. The van der Waals surface area contributed by atoms with Crippen LogP contribution in [0.1, 0.15) is 18.1 Å². The SMILES string of the molecule is CCc1cc(OCC(=O)O)cc(C(F)(F)F)c1. The molecule has 0 amide bonds. The van der Waals surface area contributed by atoms with Gasteiger partial charge in [-0.1, -0.05) is 6.92 Å². The molecule has 0 aromatic heterocycles. The van der Waals surface area contributed by atoms with Gasteiger partial charge in [0.2, 0.25) is 0 Å². The summed E-state index contributed by atoms with van der Waals surface area (Å²) in [6.45, 7) is 1.04. The van der Waals surface area contributed by atoms with Crippen molar-refractivity contribution >= 4 is 5.97 Å². The van der Waals surface area contributed by atoms with Crippen molar-refractivity contribution < 1.29 is 27.8 Å². The van der Waals surface area contributed by atoms with E-state index in [4.69, 9.17) is 9.84 Å². The maximum Gasteiger partial charge on any atom is 0.416 e. The zero-order chi connectivity index (χ0) is 13.1. The van der Waals surface area contributed by atoms with Gasteiger partial charge >= 0.3 is 12.1 Å². The summed E-state index contributed by atoms with van der Waals surface area (Å²) >= 11 is 0. The molecule has 0 aliphatic carbocycles. The second-order valence-corrected chi connectivity index (χ2v) is 3.40. The van der Waals surface area contributed by atoms with Crippen molar-refractivity contribution in [2.45, 2.75) is 19.5 Å². The molecule has 0 fully saturated rings. The molecule has 0 saturated heterocycles. The monoisotopic (exact) mass is 248 g/mol. The smallest absolute Gasteiger partial charge is 0.416 e. The highest BCUT2D eigenvalue weighted by molar-refractivity contribution is 5.68. The summed E-state index contributed by atoms with van der Waals surface area (Å²) in [5.41, 5.74) is -0.391. The Kier molecular flexibility index (Phi) is 3.98. The number of alkyl halides is 3. The molecule has 0 heterocycles. The summed E-state index contributed by atoms with van der Waals surface area (Å²) in [4.78, 5) is 10.3. The number of ether oxygens (including phenoxy) is 1. The normalized spacial score (nSPS) is 11.3. The predicted molar refractivity (Wildman–Crippen MR) is 54.0 cm³/mol. The predicted octanol–water partition coefficient (Wildman–Crippen LogP) is 2.73. The summed E-state index contributed by atoms with van der Waals surface area (Å²) in [7, 11) is 0. The number of benzene rings is 1. The van der Waals surface area contributed by atoms with Crippen molar-refractivity contribution in [2.75, 3.05) is 6.61 Å². The molecule has 1 aromatic rings. The number of carboxylic acids is 1. The van der Waals surface area contributed by atoms with Crippen molar-refractivity contribution in [1.82, 2.24) is 0 Å². The van der Waals surface area contributed by atoms with Crippen LogP contribution in [0, 0.1) is 0 Å². The maximum absolute atomic E-state index is 12.5. The molecule has 0 atom stereocenters. The Morgan fingerprint density at radius 3 is 2.47 bits per heavy atom. The third-order valence-corrected chi connectivity index (χ3v) is 2.06. The van der Waals surface area contributed by atoms with E-state index in [1.54, 1.807) is 6.92 Å². The van der Waals surface area contributed by atoms with Gasteiger partial charge in [0.1, 0.15) is 5.75 Å². The van der Waals surface area contributed by atoms with Gasteiger partial charge in [-0.15, -0.1) is 0 Å². The lowest BCUT2D eigenvalue weighted by Gasteiger charge is -2.11. The van der Waals surface area contributed by atoms with Crippen LogP contribution in [0.3, 0.4) is 0 Å². The molecule has 0 radical (unpaired) electrons. The zero-order valence-corrected chi connectivity index (χ0v) is 9.04. The van der Waals surface area contributed by atoms with Gasteiger partial charge in [-0.05, 0) is 30.2 Å². The minimum atomic E-state index is -4.47. The Balaban J connectivity index is 3.01. The second-order valence-electron chi connectivity index (χ2n) is 3.40. The van der Waals surface area contributed by atoms with Gasteiger partial charge in [0.15, 0.2) is 6.61 Å². The van der Waals surface area contributed by atoms with Gasteiger partial charge in [-0.2, -0.15) is 13.2 Å². The standard InChI is InChI=1S/C11H11F3O3/c1-2-7-3-8(11(12,13)14)5-9(4-7)17-6-10(15)16/h3-5H,2,6H2,1H3,(H,15,16). The summed E-state index contributed by atoms with van der Waals surface area (Å²) in [6, 6.07) is 3.22. The molecule has 0 aliphatic rings. The number of rotatable bonds is 4. The molecule has 1 N–H and O–H groups in total. The molecule has 3 nitrogen and oxygen atoms in total. The highest BCUT2D eigenvalue weighted by Gasteiger charge is 2.31. The van der Waals surface area contributed by atoms with E-state index in [9.17, 15) is 18.0 Å². The van der Waals surface area contributed by atoms with Gasteiger partial charge in [0.25, 0.3) is 0 Å². The van der Waals surface area contributed by atoms with Gasteiger partial charge < -0.3 is 9.84 Å². The third-order valence-electron chi connectivity index (χ3n) is 2.06. The Bertz CT molecular complexity index is 413. The van der Waals surface area contributed by atoms with Crippen molar-refractivity contribution in [2.24, 2.45) is 0 Å². The molecule has 94 valence electrons. The molecule has 0 spiro atoms. The van der Waals surface area contributed by atoms with E-state index in [0.717, 1.165) is 12.1 Å². The van der Waals surface area contributed by atoms with E-state index < -0.39 is 24.3 Å². The molecular weight excluding hydrogens is 237 g/mol. The quantitative estimate of drug-likeness (QED) is 0.891. The highest BCUT2D eigenvalue weighted by atomic mass is 19.4. The van der Waals surface area contributed by atoms with Crippen molar-refractivity contribution in [3.8, 4) is 5.75 Å². The van der Waals surface area contributed by atoms with Crippen LogP contribution in [-0.4, -0.2) is 17.7 Å². The van der Waals surface area contributed by atoms with Crippen molar-refractivity contribution in [3.05, 3.63) is 29.3 Å². The molecule has 1 rings (SSSR count). The average molecular weight is 248 g/mol. The summed E-state index contributed by atoms with van der Waals surface area (Å²) in [5.74, 6) is -1.32. The van der Waals surface area contributed by atoms with Crippen LogP contribution < -0.4 is 4.74 Å². The van der Waals surface area contributed by atoms with Gasteiger partial charge in [0, 0.05) is 0 Å². The molecule has 0 saturated carbocycles. The minimum absolute atomic E-state index is 0.0842. The fourth-order valence-corrected chi connectivity index (χ4v) is 1.26. The number of hydrogen-bond acceptors (Lipinski definition) is 2. The zero-order valence-electron chi connectivity index (χ0n) is 9.04. The maximum atomic E-state index is 12.5. The minimum Gasteiger partial charge on any atom is -0.482 e. The first-order valence-electron chi connectivity index (χ1n) is 4.88. The second kappa shape index (κ2) is 5.07. The number of carboxylic acid groups (broad SMARTS) is 1. The summed E-state index contributed by atoms with van der Waals surface area (Å²) in [6.07, 6.45) is -4.06. The largest absolute Gasteiger partial charge is 0.482 e. The topological polar surface area (TPSA) is 46.5 Å². The van der Waals surface area contributed by atoms with Crippen LogP contribution in [0.5, 0.6) is 5.75 Å². The van der Waals surface area contributed by atoms with E-state index in [1.165, 1.54) is 6.07 Å². The van der Waals surface area contributed by atoms with Crippen LogP contribution in [0.15, 0.2) is 18.2 Å². The van der Waals surface area contributed by atoms with Crippen molar-refractivity contribution in [1.29, 1.82) is 0 Å². The molecule has 17 heavy (non-hydrogen) atoms. The Morgan fingerprint density at radius 1 is 1.35 bits per heavy atom. The molecule has 0 unspecified atom stereocenters. The lowest BCUT2D eigenvalue weighted by atomic mass is 10.1. The Morgan fingerprint density at radius 2 is 2.00 bits per heavy atom. The van der Waals surface area contributed by atoms with Gasteiger partial charge in [-0.25, -0.2) is 4.79 Å². The Hall–Kier alpha value is -1.72. The van der Waals surface area contributed by atoms with Gasteiger partial charge in [0.05, 0.1) is 5.56 Å². The summed E-state index contributed by atoms with van der Waals surface area (Å²) < 4.78 is 42.3. The number of carbonyl (C=O) groups is 1. The average Bonchev–Trinajstić information content (AvgIpc) is 2.24. The number of halogens is 3. The molecule has 6 heteroatoms. The van der Waals surface area contributed by atoms with E-state index in [2.05, 4.69) is 0 Å². The molecular formula is C11H11F3O3. The fraction of sp³-hybridized carbons (Fsp3) is 0.364. The molecule has 1 aromatic carbocycles. The molecule has 0 aliphatic heterocycles. The number of aryl methyl sites for hydroxylation is 1. The lowest BCUT2D eigenvalue weighted by molar-refractivity contribution is -0.139. The first-order chi connectivity index (χ1) is 7.82. The first-order valence-corrected chi connectivity index (χ1v) is 4.88. The van der Waals surface area contributed by atoms with Crippen LogP contribution in [0.25, 0.3) is 0 Å². The van der Waals surface area contributed by atoms with E-state index in [-0.39, 0.29) is 5.75 Å². The third kappa shape index (κ3) is 3.97. The highest BCUT2D eigenvalue weighted by Crippen LogP contribution is 2.32. The van der Waals surface area contributed by atoms with E-state index in [0.29, 0.717) is 12.0 Å². The fourth-order valence-electron chi connectivity index (χ4n) is 1.26.